The Bertz CT molecular complexity index is 664. The molecule has 2 rings (SSSR count). The van der Waals surface area contributed by atoms with Crippen LogP contribution in [0, 0.1) is 17.2 Å². The molecule has 0 aliphatic carbocycles. The van der Waals surface area contributed by atoms with E-state index in [1.165, 1.54) is 5.56 Å². The number of nitriles is 1. The van der Waals surface area contributed by atoms with Crippen LogP contribution in [0.1, 0.15) is 50.1 Å². The van der Waals surface area contributed by atoms with Crippen LogP contribution in [-0.2, 0) is 13.0 Å². The van der Waals surface area contributed by atoms with Crippen molar-refractivity contribution in [3.8, 4) is 6.07 Å². The van der Waals surface area contributed by atoms with Gasteiger partial charge >= 0.3 is 0 Å². The van der Waals surface area contributed by atoms with E-state index in [4.69, 9.17) is 5.73 Å². The van der Waals surface area contributed by atoms with Crippen molar-refractivity contribution < 1.29 is 0 Å². The summed E-state index contributed by atoms with van der Waals surface area (Å²) in [6, 6.07) is 10.2. The van der Waals surface area contributed by atoms with Gasteiger partial charge in [-0.3, -0.25) is 0 Å². The third-order valence-corrected chi connectivity index (χ3v) is 3.91. The highest BCUT2D eigenvalue weighted by Gasteiger charge is 2.18. The van der Waals surface area contributed by atoms with E-state index in [0.29, 0.717) is 11.6 Å². The Hall–Kier alpha value is -2.28. The van der Waals surface area contributed by atoms with Crippen LogP contribution in [0.3, 0.4) is 0 Å². The highest BCUT2D eigenvalue weighted by atomic mass is 15.1. The predicted octanol–water partition coefficient (Wildman–Crippen LogP) is 3.73. The summed E-state index contributed by atoms with van der Waals surface area (Å²) >= 11 is 0. The number of anilines is 1. The molecular weight excluding hydrogens is 272 g/mol. The number of nitrogen functional groups attached to an aromatic ring is 1. The smallest absolute Gasteiger partial charge is 0.161 e. The van der Waals surface area contributed by atoms with Gasteiger partial charge < -0.3 is 10.3 Å². The van der Waals surface area contributed by atoms with Crippen molar-refractivity contribution in [2.24, 2.45) is 5.92 Å². The first-order valence-electron chi connectivity index (χ1n) is 7.81. The maximum atomic E-state index is 9.30. The molecule has 1 unspecified atom stereocenters. The van der Waals surface area contributed by atoms with E-state index < -0.39 is 0 Å². The lowest BCUT2D eigenvalue weighted by Gasteiger charge is -2.17. The predicted molar refractivity (Wildman–Crippen MR) is 89.4 cm³/mol. The third-order valence-electron chi connectivity index (χ3n) is 3.91. The van der Waals surface area contributed by atoms with Gasteiger partial charge in [0.1, 0.15) is 6.07 Å². The minimum Gasteiger partial charge on any atom is -0.399 e. The van der Waals surface area contributed by atoms with Crippen molar-refractivity contribution >= 4 is 5.69 Å². The van der Waals surface area contributed by atoms with E-state index in [0.717, 1.165) is 30.8 Å². The van der Waals surface area contributed by atoms with Crippen LogP contribution >= 0.6 is 0 Å². The first-order chi connectivity index (χ1) is 10.5. The lowest BCUT2D eigenvalue weighted by atomic mass is 9.96. The van der Waals surface area contributed by atoms with Crippen LogP contribution in [0.4, 0.5) is 5.69 Å². The number of hydrogen-bond acceptors (Lipinski definition) is 3. The Morgan fingerprint density at radius 2 is 2.00 bits per heavy atom. The van der Waals surface area contributed by atoms with Crippen LogP contribution < -0.4 is 5.73 Å². The molecule has 22 heavy (non-hydrogen) atoms. The maximum Gasteiger partial charge on any atom is 0.161 e. The molecule has 116 valence electrons. The zero-order valence-electron chi connectivity index (χ0n) is 13.6. The highest BCUT2D eigenvalue weighted by Crippen LogP contribution is 2.26. The molecule has 0 aliphatic rings. The van der Waals surface area contributed by atoms with Gasteiger partial charge in [-0.1, -0.05) is 39.0 Å². The largest absolute Gasteiger partial charge is 0.399 e. The van der Waals surface area contributed by atoms with Gasteiger partial charge in [-0.05, 0) is 36.3 Å². The van der Waals surface area contributed by atoms with Gasteiger partial charge in [0.05, 0.1) is 12.0 Å². The Labute approximate surface area is 132 Å². The number of para-hydroxylation sites is 1. The minimum atomic E-state index is 0.274. The number of aryl methyl sites for hydroxylation is 1. The molecular formula is C18H24N4. The van der Waals surface area contributed by atoms with Crippen molar-refractivity contribution in [2.45, 2.75) is 46.1 Å². The Morgan fingerprint density at radius 1 is 1.27 bits per heavy atom. The molecule has 1 aromatic heterocycles. The van der Waals surface area contributed by atoms with Gasteiger partial charge in [-0.25, -0.2) is 4.98 Å². The molecule has 0 amide bonds. The number of nitrogens with zero attached hydrogens (tertiary/aromatic N) is 3. The molecule has 1 aromatic carbocycles. The average molecular weight is 296 g/mol. The molecule has 1 atom stereocenters. The van der Waals surface area contributed by atoms with Crippen LogP contribution in [0.25, 0.3) is 0 Å². The van der Waals surface area contributed by atoms with E-state index in [9.17, 15) is 5.26 Å². The summed E-state index contributed by atoms with van der Waals surface area (Å²) in [4.78, 5) is 4.26. The fraction of sp³-hybridized carbons (Fsp3) is 0.444. The van der Waals surface area contributed by atoms with E-state index in [1.54, 1.807) is 6.33 Å². The third kappa shape index (κ3) is 3.67. The van der Waals surface area contributed by atoms with Gasteiger partial charge in [0.25, 0.3) is 0 Å². The van der Waals surface area contributed by atoms with E-state index >= 15 is 0 Å². The second-order valence-electron chi connectivity index (χ2n) is 6.27. The molecule has 0 radical (unpaired) electrons. The fourth-order valence-electron chi connectivity index (χ4n) is 2.80. The zero-order valence-corrected chi connectivity index (χ0v) is 13.6. The van der Waals surface area contributed by atoms with Crippen LogP contribution in [0.2, 0.25) is 0 Å². The first kappa shape index (κ1) is 16.1. The Kier molecular flexibility index (Phi) is 5.21. The van der Waals surface area contributed by atoms with Gasteiger partial charge in [0, 0.05) is 12.2 Å². The van der Waals surface area contributed by atoms with E-state index in [1.807, 2.05) is 18.2 Å². The molecule has 0 saturated heterocycles. The molecule has 0 aliphatic heterocycles. The second kappa shape index (κ2) is 7.13. The SMILES string of the molecule is CC(C)Cn1cnc(C#N)c1C(C)CCc1ccccc1N. The molecule has 2 aromatic rings. The maximum absolute atomic E-state index is 9.30. The molecule has 1 heterocycles. The number of rotatable bonds is 6. The lowest BCUT2D eigenvalue weighted by Crippen LogP contribution is -2.11. The number of aromatic nitrogens is 2. The van der Waals surface area contributed by atoms with Gasteiger partial charge in [0.15, 0.2) is 5.69 Å². The molecule has 0 saturated carbocycles. The fourth-order valence-corrected chi connectivity index (χ4v) is 2.80. The highest BCUT2D eigenvalue weighted by molar-refractivity contribution is 5.46. The number of benzene rings is 1. The topological polar surface area (TPSA) is 67.6 Å². The van der Waals surface area contributed by atoms with Gasteiger partial charge in [0.2, 0.25) is 0 Å². The van der Waals surface area contributed by atoms with Crippen molar-refractivity contribution in [1.29, 1.82) is 5.26 Å². The quantitative estimate of drug-likeness (QED) is 0.826. The Balaban J connectivity index is 2.15. The van der Waals surface area contributed by atoms with Crippen molar-refractivity contribution in [3.63, 3.8) is 0 Å². The van der Waals surface area contributed by atoms with Crippen molar-refractivity contribution in [2.75, 3.05) is 5.73 Å². The van der Waals surface area contributed by atoms with Crippen LogP contribution in [0.5, 0.6) is 0 Å². The molecule has 4 heteroatoms. The summed E-state index contributed by atoms with van der Waals surface area (Å²) in [6.07, 6.45) is 3.65. The zero-order chi connectivity index (χ0) is 16.1. The summed E-state index contributed by atoms with van der Waals surface area (Å²) < 4.78 is 2.13. The van der Waals surface area contributed by atoms with Crippen LogP contribution in [0.15, 0.2) is 30.6 Å². The average Bonchev–Trinajstić information content (AvgIpc) is 2.88. The Morgan fingerprint density at radius 3 is 2.64 bits per heavy atom. The summed E-state index contributed by atoms with van der Waals surface area (Å²) in [6.45, 7) is 7.39. The molecule has 0 bridgehead atoms. The second-order valence-corrected chi connectivity index (χ2v) is 6.27. The normalized spacial score (nSPS) is 12.3. The number of imidazole rings is 1. The van der Waals surface area contributed by atoms with E-state index in [2.05, 4.69) is 42.5 Å². The summed E-state index contributed by atoms with van der Waals surface area (Å²) in [5.74, 6) is 0.798. The number of nitrogens with two attached hydrogens (primary N) is 1. The first-order valence-corrected chi connectivity index (χ1v) is 7.81. The molecule has 4 nitrogen and oxygen atoms in total. The van der Waals surface area contributed by atoms with Crippen LogP contribution in [-0.4, -0.2) is 9.55 Å². The lowest BCUT2D eigenvalue weighted by molar-refractivity contribution is 0.491. The summed E-state index contributed by atoms with van der Waals surface area (Å²) in [5.41, 5.74) is 9.61. The monoisotopic (exact) mass is 296 g/mol. The van der Waals surface area contributed by atoms with Crippen molar-refractivity contribution in [3.05, 3.63) is 47.5 Å². The molecule has 0 fully saturated rings. The molecule has 0 spiro atoms. The molecule has 2 N–H and O–H groups in total. The standard InChI is InChI=1S/C18H24N4/c1-13(2)11-22-12-21-17(10-19)18(22)14(3)8-9-15-6-4-5-7-16(15)20/h4-7,12-14H,8-9,11,20H2,1-3H3. The van der Waals surface area contributed by atoms with E-state index in [-0.39, 0.29) is 5.92 Å². The summed E-state index contributed by atoms with van der Waals surface area (Å²) in [7, 11) is 0. The van der Waals surface area contributed by atoms with Crippen molar-refractivity contribution in [1.82, 2.24) is 9.55 Å². The summed E-state index contributed by atoms with van der Waals surface area (Å²) in [5, 5.41) is 9.30. The van der Waals surface area contributed by atoms with Gasteiger partial charge in [-0.2, -0.15) is 5.26 Å². The van der Waals surface area contributed by atoms with Gasteiger partial charge in [-0.15, -0.1) is 0 Å². The number of hydrogen-bond donors (Lipinski definition) is 1. The minimum absolute atomic E-state index is 0.274.